The molecular weight excluding hydrogens is 258 g/mol. The normalized spacial score (nSPS) is 13.9. The maximum atomic E-state index is 11.1. The van der Waals surface area contributed by atoms with E-state index in [1.54, 1.807) is 0 Å². The number of carbonyl (C=O) groups excluding carboxylic acids is 1. The number of ether oxygens (including phenoxy) is 2. The van der Waals surface area contributed by atoms with E-state index in [0.29, 0.717) is 24.7 Å². The van der Waals surface area contributed by atoms with Crippen molar-refractivity contribution >= 4 is 11.7 Å². The number of nitrogens with zero attached hydrogens (tertiary/aromatic N) is 1. The van der Waals surface area contributed by atoms with Crippen molar-refractivity contribution < 1.29 is 19.1 Å². The van der Waals surface area contributed by atoms with E-state index in [0.717, 1.165) is 24.2 Å². The van der Waals surface area contributed by atoms with Gasteiger partial charge in [-0.15, -0.1) is 0 Å². The van der Waals surface area contributed by atoms with E-state index in [1.807, 2.05) is 25.1 Å². The van der Waals surface area contributed by atoms with Crippen LogP contribution in [0.3, 0.4) is 0 Å². The number of oxime groups is 1. The molecule has 0 aromatic heterocycles. The van der Waals surface area contributed by atoms with Crippen molar-refractivity contribution in [1.82, 2.24) is 0 Å². The van der Waals surface area contributed by atoms with Gasteiger partial charge in [-0.2, -0.15) is 0 Å². The van der Waals surface area contributed by atoms with Crippen LogP contribution in [0.2, 0.25) is 0 Å². The zero-order valence-corrected chi connectivity index (χ0v) is 11.8. The molecule has 1 aliphatic rings. The number of rotatable bonds is 7. The molecular formula is C15H19NO4. The molecule has 0 spiro atoms. The third kappa shape index (κ3) is 3.50. The largest absolute Gasteiger partial charge is 0.490 e. The SMILES string of the molecule is CCCOc1ccc(C2=NOC(=O)C2)cc1OCCC. The monoisotopic (exact) mass is 277 g/mol. The molecule has 108 valence electrons. The van der Waals surface area contributed by atoms with E-state index in [9.17, 15) is 4.79 Å². The molecule has 20 heavy (non-hydrogen) atoms. The van der Waals surface area contributed by atoms with Crippen LogP contribution in [0.4, 0.5) is 0 Å². The molecule has 1 aliphatic heterocycles. The van der Waals surface area contributed by atoms with Gasteiger partial charge < -0.3 is 14.3 Å². The zero-order valence-electron chi connectivity index (χ0n) is 11.8. The number of carbonyl (C=O) groups is 1. The minimum Gasteiger partial charge on any atom is -0.490 e. The molecule has 5 nitrogen and oxygen atoms in total. The second-order valence-corrected chi connectivity index (χ2v) is 4.54. The van der Waals surface area contributed by atoms with Crippen molar-refractivity contribution in [2.24, 2.45) is 5.16 Å². The number of benzene rings is 1. The molecule has 5 heteroatoms. The van der Waals surface area contributed by atoms with Gasteiger partial charge in [0.25, 0.3) is 0 Å². The molecule has 0 atom stereocenters. The molecule has 0 aliphatic carbocycles. The van der Waals surface area contributed by atoms with Gasteiger partial charge in [-0.3, -0.25) is 0 Å². The Morgan fingerprint density at radius 3 is 2.45 bits per heavy atom. The van der Waals surface area contributed by atoms with Gasteiger partial charge in [0.1, 0.15) is 0 Å². The van der Waals surface area contributed by atoms with Gasteiger partial charge in [0.2, 0.25) is 0 Å². The van der Waals surface area contributed by atoms with E-state index >= 15 is 0 Å². The highest BCUT2D eigenvalue weighted by atomic mass is 16.7. The Morgan fingerprint density at radius 2 is 1.85 bits per heavy atom. The van der Waals surface area contributed by atoms with Crippen LogP contribution in [-0.2, 0) is 9.63 Å². The van der Waals surface area contributed by atoms with Crippen LogP contribution in [0.25, 0.3) is 0 Å². The van der Waals surface area contributed by atoms with E-state index < -0.39 is 0 Å². The Balaban J connectivity index is 2.20. The Morgan fingerprint density at radius 1 is 1.15 bits per heavy atom. The highest BCUT2D eigenvalue weighted by Gasteiger charge is 2.20. The molecule has 0 saturated carbocycles. The molecule has 1 aromatic carbocycles. The standard InChI is InChI=1S/C15H19NO4/c1-3-7-18-13-6-5-11(9-14(13)19-8-4-2)12-10-15(17)20-16-12/h5-6,9H,3-4,7-8,10H2,1-2H3. The maximum Gasteiger partial charge on any atom is 0.341 e. The molecule has 0 bridgehead atoms. The molecule has 0 radical (unpaired) electrons. The molecule has 1 heterocycles. The summed E-state index contributed by atoms with van der Waals surface area (Å²) in [6.45, 7) is 5.36. The topological polar surface area (TPSA) is 57.1 Å². The third-order valence-corrected chi connectivity index (χ3v) is 2.77. The predicted molar refractivity (Wildman–Crippen MR) is 75.3 cm³/mol. The van der Waals surface area contributed by atoms with Crippen molar-refractivity contribution in [3.8, 4) is 11.5 Å². The van der Waals surface area contributed by atoms with Crippen molar-refractivity contribution in [2.45, 2.75) is 33.1 Å². The van der Waals surface area contributed by atoms with Crippen molar-refractivity contribution in [3.05, 3.63) is 23.8 Å². The van der Waals surface area contributed by atoms with E-state index in [1.165, 1.54) is 0 Å². The van der Waals surface area contributed by atoms with E-state index in [4.69, 9.17) is 9.47 Å². The quantitative estimate of drug-likeness (QED) is 0.719. The first-order valence-electron chi connectivity index (χ1n) is 6.91. The van der Waals surface area contributed by atoms with Gasteiger partial charge in [0.15, 0.2) is 11.5 Å². The predicted octanol–water partition coefficient (Wildman–Crippen LogP) is 2.92. The molecule has 0 N–H and O–H groups in total. The van der Waals surface area contributed by atoms with Gasteiger partial charge in [-0.05, 0) is 31.0 Å². The molecule has 0 unspecified atom stereocenters. The van der Waals surface area contributed by atoms with Gasteiger partial charge in [-0.25, -0.2) is 4.79 Å². The molecule has 2 rings (SSSR count). The van der Waals surface area contributed by atoms with Crippen LogP contribution in [0.15, 0.2) is 23.4 Å². The summed E-state index contributed by atoms with van der Waals surface area (Å²) >= 11 is 0. The first-order valence-corrected chi connectivity index (χ1v) is 6.91. The zero-order chi connectivity index (χ0) is 14.4. The van der Waals surface area contributed by atoms with Gasteiger partial charge >= 0.3 is 5.97 Å². The van der Waals surface area contributed by atoms with Crippen LogP contribution in [-0.4, -0.2) is 24.9 Å². The summed E-state index contributed by atoms with van der Waals surface area (Å²) in [5, 5.41) is 3.77. The smallest absolute Gasteiger partial charge is 0.341 e. The average molecular weight is 277 g/mol. The van der Waals surface area contributed by atoms with Crippen LogP contribution < -0.4 is 9.47 Å². The highest BCUT2D eigenvalue weighted by molar-refractivity contribution is 6.11. The summed E-state index contributed by atoms with van der Waals surface area (Å²) in [6.07, 6.45) is 2.05. The van der Waals surface area contributed by atoms with E-state index in [-0.39, 0.29) is 12.4 Å². The minimum atomic E-state index is -0.331. The Hall–Kier alpha value is -2.04. The fourth-order valence-corrected chi connectivity index (χ4v) is 1.81. The third-order valence-electron chi connectivity index (χ3n) is 2.77. The van der Waals surface area contributed by atoms with Crippen LogP contribution in [0.5, 0.6) is 11.5 Å². The Kier molecular flexibility index (Phi) is 4.98. The van der Waals surface area contributed by atoms with E-state index in [2.05, 4.69) is 16.9 Å². The minimum absolute atomic E-state index is 0.197. The summed E-state index contributed by atoms with van der Waals surface area (Å²) in [7, 11) is 0. The first-order chi connectivity index (χ1) is 9.74. The van der Waals surface area contributed by atoms with Crippen LogP contribution >= 0.6 is 0 Å². The molecule has 1 aromatic rings. The first kappa shape index (κ1) is 14.4. The lowest BCUT2D eigenvalue weighted by molar-refractivity contribution is -0.140. The summed E-state index contributed by atoms with van der Waals surface area (Å²) in [5.41, 5.74) is 1.45. The van der Waals surface area contributed by atoms with Gasteiger partial charge in [0.05, 0.1) is 25.3 Å². The van der Waals surface area contributed by atoms with Gasteiger partial charge in [0, 0.05) is 5.56 Å². The molecule has 0 amide bonds. The molecule has 0 fully saturated rings. The van der Waals surface area contributed by atoms with Crippen LogP contribution in [0, 0.1) is 0 Å². The van der Waals surface area contributed by atoms with Crippen LogP contribution in [0.1, 0.15) is 38.7 Å². The second-order valence-electron chi connectivity index (χ2n) is 4.54. The summed E-state index contributed by atoms with van der Waals surface area (Å²) in [4.78, 5) is 15.7. The summed E-state index contributed by atoms with van der Waals surface area (Å²) in [6, 6.07) is 5.56. The van der Waals surface area contributed by atoms with Crippen molar-refractivity contribution in [1.29, 1.82) is 0 Å². The van der Waals surface area contributed by atoms with Gasteiger partial charge in [-0.1, -0.05) is 19.0 Å². The number of hydrogen-bond acceptors (Lipinski definition) is 5. The summed E-state index contributed by atoms with van der Waals surface area (Å²) in [5.74, 6) is 1.07. The number of hydrogen-bond donors (Lipinski definition) is 0. The second kappa shape index (κ2) is 6.93. The Labute approximate surface area is 118 Å². The van der Waals surface area contributed by atoms with Crippen molar-refractivity contribution in [2.75, 3.05) is 13.2 Å². The average Bonchev–Trinajstić information content (AvgIpc) is 2.90. The molecule has 0 saturated heterocycles. The maximum absolute atomic E-state index is 11.1. The Bertz CT molecular complexity index is 511. The lowest BCUT2D eigenvalue weighted by Crippen LogP contribution is -2.05. The van der Waals surface area contributed by atoms with Crippen molar-refractivity contribution in [3.63, 3.8) is 0 Å². The lowest BCUT2D eigenvalue weighted by Gasteiger charge is -2.13. The highest BCUT2D eigenvalue weighted by Crippen LogP contribution is 2.30. The fourth-order valence-electron chi connectivity index (χ4n) is 1.81. The summed E-state index contributed by atoms with van der Waals surface area (Å²) < 4.78 is 11.4. The fraction of sp³-hybridized carbons (Fsp3) is 0.467. The lowest BCUT2D eigenvalue weighted by atomic mass is 10.1.